The molecular formula is C9H15F3N4O3. The highest BCUT2D eigenvalue weighted by Crippen LogP contribution is 2.26. The Morgan fingerprint density at radius 2 is 1.79 bits per heavy atom. The zero-order valence-corrected chi connectivity index (χ0v) is 9.98. The van der Waals surface area contributed by atoms with Crippen molar-refractivity contribution in [1.82, 2.24) is 15.4 Å². The van der Waals surface area contributed by atoms with Crippen LogP contribution in [-0.4, -0.2) is 52.9 Å². The van der Waals surface area contributed by atoms with Gasteiger partial charge in [-0.15, -0.1) is 0 Å². The van der Waals surface area contributed by atoms with E-state index in [0.717, 1.165) is 32.0 Å². The molecule has 19 heavy (non-hydrogen) atoms. The van der Waals surface area contributed by atoms with Crippen molar-refractivity contribution in [2.75, 3.05) is 19.6 Å². The zero-order chi connectivity index (χ0) is 14.6. The lowest BCUT2D eigenvalue weighted by molar-refractivity contribution is -0.192. The summed E-state index contributed by atoms with van der Waals surface area (Å²) in [6, 6.07) is -0.185. The number of carbonyl (C=O) groups excluding carboxylic acids is 1. The number of carboxylic acids is 1. The van der Waals surface area contributed by atoms with Crippen molar-refractivity contribution in [2.24, 2.45) is 11.8 Å². The molecule has 0 saturated carbocycles. The van der Waals surface area contributed by atoms with Crippen molar-refractivity contribution in [2.45, 2.75) is 19.0 Å². The fourth-order valence-electron chi connectivity index (χ4n) is 2.02. The first-order valence-electron chi connectivity index (χ1n) is 5.58. The number of hydrogen-bond donors (Lipinski definition) is 3. The van der Waals surface area contributed by atoms with Gasteiger partial charge in [-0.25, -0.2) is 20.4 Å². The molecule has 2 unspecified atom stereocenters. The summed E-state index contributed by atoms with van der Waals surface area (Å²) in [4.78, 5) is 20.1. The summed E-state index contributed by atoms with van der Waals surface area (Å²) in [5, 5.41) is 10.9. The Morgan fingerprint density at radius 1 is 1.26 bits per heavy atom. The number of carbonyl (C=O) groups is 2. The molecule has 7 nitrogen and oxygen atoms in total. The molecule has 0 aromatic rings. The summed E-state index contributed by atoms with van der Waals surface area (Å²) >= 11 is 0. The van der Waals surface area contributed by atoms with Crippen molar-refractivity contribution < 1.29 is 27.9 Å². The quantitative estimate of drug-likeness (QED) is 0.334. The lowest BCUT2D eigenvalue weighted by Gasteiger charge is -2.34. The van der Waals surface area contributed by atoms with E-state index < -0.39 is 12.1 Å². The maximum atomic E-state index is 11.2. The first-order chi connectivity index (χ1) is 8.75. The number of nitrogens with zero attached hydrogens (tertiary/aromatic N) is 2. The highest BCUT2D eigenvalue weighted by atomic mass is 19.4. The zero-order valence-electron chi connectivity index (χ0n) is 9.98. The van der Waals surface area contributed by atoms with Gasteiger partial charge in [0.2, 0.25) is 0 Å². The van der Waals surface area contributed by atoms with Gasteiger partial charge >= 0.3 is 18.2 Å². The molecule has 2 rings (SSSR count). The Balaban J connectivity index is 0.000000224. The van der Waals surface area contributed by atoms with Crippen LogP contribution in [0, 0.1) is 5.92 Å². The number of nitrogens with two attached hydrogens (primary N) is 1. The molecule has 2 heterocycles. The molecule has 0 spiro atoms. The van der Waals surface area contributed by atoms with Gasteiger partial charge in [0, 0.05) is 19.6 Å². The van der Waals surface area contributed by atoms with Crippen LogP contribution in [0.3, 0.4) is 0 Å². The highest BCUT2D eigenvalue weighted by molar-refractivity contribution is 5.73. The van der Waals surface area contributed by atoms with Gasteiger partial charge in [-0.05, 0) is 18.8 Å². The molecule has 110 valence electrons. The summed E-state index contributed by atoms with van der Waals surface area (Å²) in [6.45, 7) is 2.83. The molecule has 10 heteroatoms. The van der Waals surface area contributed by atoms with Gasteiger partial charge in [0.15, 0.2) is 0 Å². The Labute approximate surface area is 107 Å². The first kappa shape index (κ1) is 15.5. The minimum Gasteiger partial charge on any atom is -0.475 e. The van der Waals surface area contributed by atoms with Crippen molar-refractivity contribution in [1.29, 1.82) is 0 Å². The van der Waals surface area contributed by atoms with Gasteiger partial charge in [-0.2, -0.15) is 13.2 Å². The lowest BCUT2D eigenvalue weighted by atomic mass is 10.0. The Bertz CT molecular complexity index is 350. The van der Waals surface area contributed by atoms with E-state index in [1.807, 2.05) is 0 Å². The van der Waals surface area contributed by atoms with Crippen LogP contribution in [0.4, 0.5) is 18.0 Å². The Morgan fingerprint density at radius 3 is 2.26 bits per heavy atom. The van der Waals surface area contributed by atoms with E-state index in [9.17, 15) is 18.0 Å². The molecule has 2 atom stereocenters. The lowest BCUT2D eigenvalue weighted by Crippen LogP contribution is -2.54. The number of nitrogens with one attached hydrogen (secondary N) is 1. The van der Waals surface area contributed by atoms with Crippen molar-refractivity contribution in [3.8, 4) is 0 Å². The van der Waals surface area contributed by atoms with E-state index in [1.54, 1.807) is 5.01 Å². The first-order valence-corrected chi connectivity index (χ1v) is 5.58. The molecule has 4 N–H and O–H groups in total. The van der Waals surface area contributed by atoms with Crippen LogP contribution in [0.25, 0.3) is 0 Å². The molecule has 0 aliphatic carbocycles. The van der Waals surface area contributed by atoms with Crippen molar-refractivity contribution in [3.05, 3.63) is 0 Å². The van der Waals surface area contributed by atoms with Gasteiger partial charge in [-0.3, -0.25) is 10.4 Å². The fraction of sp³-hybridized carbons (Fsp3) is 0.778. The molecule has 2 bridgehead atoms. The third-order valence-electron chi connectivity index (χ3n) is 2.96. The van der Waals surface area contributed by atoms with E-state index in [2.05, 4.69) is 10.4 Å². The topological polar surface area (TPSA) is 98.9 Å². The summed E-state index contributed by atoms with van der Waals surface area (Å²) in [5.74, 6) is 3.11. The number of aliphatic carboxylic acids is 1. The van der Waals surface area contributed by atoms with E-state index in [-0.39, 0.29) is 6.03 Å². The molecule has 2 fully saturated rings. The summed E-state index contributed by atoms with van der Waals surface area (Å²) in [7, 11) is 0. The normalized spacial score (nSPS) is 25.4. The molecule has 2 aliphatic heterocycles. The number of fused-ring (bicyclic) bond motifs is 2. The SMILES string of the molecule is NNC(=O)N1CCC2CCN1C2.O=C(O)C(F)(F)F. The van der Waals surface area contributed by atoms with Gasteiger partial charge < -0.3 is 5.11 Å². The standard InChI is InChI=1S/C7H14N4O.C2HF3O2/c8-9-7(12)11-4-2-6-1-3-10(11)5-6;3-2(4,5)1(6)7/h6H,1-5,8H2,(H,9,12);(H,6,7). The third kappa shape index (κ3) is 4.24. The van der Waals surface area contributed by atoms with Gasteiger partial charge in [0.05, 0.1) is 0 Å². The maximum Gasteiger partial charge on any atom is 0.490 e. The number of amides is 2. The molecule has 0 aromatic heterocycles. The Kier molecular flexibility index (Phi) is 4.95. The van der Waals surface area contributed by atoms with Crippen molar-refractivity contribution >= 4 is 12.0 Å². The minimum atomic E-state index is -5.08. The maximum absolute atomic E-state index is 11.2. The third-order valence-corrected chi connectivity index (χ3v) is 2.96. The molecule has 2 aliphatic rings. The average molecular weight is 284 g/mol. The van der Waals surface area contributed by atoms with Crippen LogP contribution in [-0.2, 0) is 4.79 Å². The number of rotatable bonds is 0. The van der Waals surface area contributed by atoms with Crippen molar-refractivity contribution in [3.63, 3.8) is 0 Å². The second-order valence-corrected chi connectivity index (χ2v) is 4.23. The molecule has 0 radical (unpaired) electrons. The van der Waals surface area contributed by atoms with Crippen LogP contribution in [0.5, 0.6) is 0 Å². The van der Waals surface area contributed by atoms with E-state index in [0.29, 0.717) is 0 Å². The smallest absolute Gasteiger partial charge is 0.475 e. The van der Waals surface area contributed by atoms with Crippen LogP contribution in [0.1, 0.15) is 12.8 Å². The van der Waals surface area contributed by atoms with Crippen LogP contribution in [0.15, 0.2) is 0 Å². The molecular weight excluding hydrogens is 269 g/mol. The monoisotopic (exact) mass is 284 g/mol. The average Bonchev–Trinajstić information content (AvgIpc) is 2.70. The highest BCUT2D eigenvalue weighted by Gasteiger charge is 2.38. The number of alkyl halides is 3. The van der Waals surface area contributed by atoms with Gasteiger partial charge in [0.25, 0.3) is 0 Å². The summed E-state index contributed by atoms with van der Waals surface area (Å²) in [6.07, 6.45) is -2.75. The predicted octanol–water partition coefficient (Wildman–Crippen LogP) is 0.146. The minimum absolute atomic E-state index is 0.185. The van der Waals surface area contributed by atoms with Crippen LogP contribution >= 0.6 is 0 Å². The van der Waals surface area contributed by atoms with Gasteiger partial charge in [0.1, 0.15) is 0 Å². The van der Waals surface area contributed by atoms with E-state index >= 15 is 0 Å². The number of hydrazine groups is 2. The molecule has 2 amide bonds. The molecule has 0 aromatic carbocycles. The van der Waals surface area contributed by atoms with E-state index in [1.165, 1.54) is 6.42 Å². The second-order valence-electron chi connectivity index (χ2n) is 4.23. The second kappa shape index (κ2) is 6.06. The van der Waals surface area contributed by atoms with Crippen LogP contribution in [0.2, 0.25) is 0 Å². The number of halogens is 3. The van der Waals surface area contributed by atoms with E-state index in [4.69, 9.17) is 15.7 Å². The summed E-state index contributed by atoms with van der Waals surface area (Å²) in [5.41, 5.74) is 2.16. The number of carboxylic acid groups (broad SMARTS) is 1. The van der Waals surface area contributed by atoms with Gasteiger partial charge in [-0.1, -0.05) is 0 Å². The fourth-order valence-corrected chi connectivity index (χ4v) is 2.02. The largest absolute Gasteiger partial charge is 0.490 e. The summed E-state index contributed by atoms with van der Waals surface area (Å²) < 4.78 is 31.7. The number of hydrogen-bond acceptors (Lipinski definition) is 4. The Hall–Kier alpha value is -1.55. The van der Waals surface area contributed by atoms with Crippen LogP contribution < -0.4 is 11.3 Å². The molecule has 2 saturated heterocycles. The predicted molar refractivity (Wildman–Crippen MR) is 57.4 cm³/mol. The number of urea groups is 1.